The van der Waals surface area contributed by atoms with E-state index in [1.807, 2.05) is 13.8 Å². The number of aryl methyl sites for hydroxylation is 2. The smallest absolute Gasteiger partial charge is 0.244 e. The maximum absolute atomic E-state index is 13.3. The van der Waals surface area contributed by atoms with Crippen molar-refractivity contribution in [2.24, 2.45) is 0 Å². The molecule has 1 aliphatic carbocycles. The molecule has 5 nitrogen and oxygen atoms in total. The van der Waals surface area contributed by atoms with Crippen molar-refractivity contribution in [1.82, 2.24) is 5.32 Å². The highest BCUT2D eigenvalue weighted by molar-refractivity contribution is 7.92. The Hall–Kier alpha value is -2.05. The van der Waals surface area contributed by atoms with Gasteiger partial charge in [-0.15, -0.1) is 0 Å². The van der Waals surface area contributed by atoms with Crippen molar-refractivity contribution < 1.29 is 13.2 Å². The van der Waals surface area contributed by atoms with Gasteiger partial charge in [0.05, 0.1) is 18.0 Å². The van der Waals surface area contributed by atoms with Crippen LogP contribution < -0.4 is 9.62 Å². The summed E-state index contributed by atoms with van der Waals surface area (Å²) in [6.07, 6.45) is 6.78. The molecule has 0 saturated heterocycles. The molecule has 0 spiro atoms. The van der Waals surface area contributed by atoms with Gasteiger partial charge in [0.25, 0.3) is 0 Å². The molecule has 1 N–H and O–H groups in total. The summed E-state index contributed by atoms with van der Waals surface area (Å²) in [6, 6.07) is 12.0. The van der Waals surface area contributed by atoms with Crippen molar-refractivity contribution in [3.8, 4) is 0 Å². The van der Waals surface area contributed by atoms with E-state index in [0.717, 1.165) is 31.1 Å². The molecule has 1 amide bonds. The third kappa shape index (κ3) is 5.60. The number of nitrogens with one attached hydrogen (secondary N) is 1. The molecule has 0 fully saturated rings. The molecule has 3 rings (SSSR count). The maximum Gasteiger partial charge on any atom is 0.244 e. The third-order valence-electron chi connectivity index (χ3n) is 5.89. The van der Waals surface area contributed by atoms with Gasteiger partial charge in [0.1, 0.15) is 6.04 Å². The number of rotatable bonds is 8. The first-order valence-electron chi connectivity index (χ1n) is 10.9. The summed E-state index contributed by atoms with van der Waals surface area (Å²) in [7, 11) is -3.70. The Morgan fingerprint density at radius 2 is 1.77 bits per heavy atom. The fourth-order valence-electron chi connectivity index (χ4n) is 4.33. The minimum atomic E-state index is -3.70. The summed E-state index contributed by atoms with van der Waals surface area (Å²) in [5.74, 6) is -0.308. The summed E-state index contributed by atoms with van der Waals surface area (Å²) in [5.41, 5.74) is 4.21. The molecule has 1 aliphatic rings. The van der Waals surface area contributed by atoms with E-state index in [1.54, 1.807) is 24.3 Å². The van der Waals surface area contributed by atoms with Crippen LogP contribution in [-0.4, -0.2) is 26.6 Å². The van der Waals surface area contributed by atoms with Crippen LogP contribution in [-0.2, 0) is 27.7 Å². The summed E-state index contributed by atoms with van der Waals surface area (Å²) in [6.45, 7) is 3.84. The number of fused-ring (bicyclic) bond motifs is 1. The number of benzene rings is 2. The van der Waals surface area contributed by atoms with Gasteiger partial charge in [-0.2, -0.15) is 0 Å². The van der Waals surface area contributed by atoms with Gasteiger partial charge in [-0.1, -0.05) is 49.7 Å². The molecule has 2 aromatic carbocycles. The van der Waals surface area contributed by atoms with E-state index in [1.165, 1.54) is 28.3 Å². The van der Waals surface area contributed by atoms with Crippen LogP contribution >= 0.6 is 11.6 Å². The zero-order valence-electron chi connectivity index (χ0n) is 18.4. The molecule has 2 atom stereocenters. The highest BCUT2D eigenvalue weighted by Gasteiger charge is 2.32. The molecule has 2 aromatic rings. The van der Waals surface area contributed by atoms with Crippen molar-refractivity contribution >= 4 is 33.2 Å². The second-order valence-corrected chi connectivity index (χ2v) is 10.5. The lowest BCUT2D eigenvalue weighted by molar-refractivity contribution is -0.123. The maximum atomic E-state index is 13.3. The number of anilines is 1. The lowest BCUT2D eigenvalue weighted by Crippen LogP contribution is -2.50. The highest BCUT2D eigenvalue weighted by Crippen LogP contribution is 2.28. The third-order valence-corrected chi connectivity index (χ3v) is 7.31. The summed E-state index contributed by atoms with van der Waals surface area (Å²) in [5, 5.41) is 3.52. The van der Waals surface area contributed by atoms with Crippen molar-refractivity contribution in [2.75, 3.05) is 10.6 Å². The minimum Gasteiger partial charge on any atom is -0.347 e. The van der Waals surface area contributed by atoms with Gasteiger partial charge < -0.3 is 5.32 Å². The zero-order chi connectivity index (χ0) is 22.6. The Morgan fingerprint density at radius 3 is 2.39 bits per heavy atom. The normalized spacial score (nSPS) is 15.6. The van der Waals surface area contributed by atoms with E-state index in [4.69, 9.17) is 11.6 Å². The van der Waals surface area contributed by atoms with E-state index < -0.39 is 16.1 Å². The van der Waals surface area contributed by atoms with Gasteiger partial charge in [0, 0.05) is 5.02 Å². The quantitative estimate of drug-likeness (QED) is 0.598. The van der Waals surface area contributed by atoms with Crippen molar-refractivity contribution in [1.29, 1.82) is 0 Å². The molecule has 0 aliphatic heterocycles. The second-order valence-electron chi connectivity index (χ2n) is 8.17. The number of sulfonamides is 1. The number of carbonyl (C=O) groups is 1. The first kappa shape index (κ1) is 23.6. The Kier molecular flexibility index (Phi) is 7.65. The monoisotopic (exact) mass is 462 g/mol. The molecule has 31 heavy (non-hydrogen) atoms. The fraction of sp³-hybridized carbons (Fsp3) is 0.458. The van der Waals surface area contributed by atoms with Crippen LogP contribution in [0.2, 0.25) is 5.02 Å². The van der Waals surface area contributed by atoms with Crippen LogP contribution in [0.1, 0.15) is 62.3 Å². The van der Waals surface area contributed by atoms with E-state index in [2.05, 4.69) is 23.5 Å². The number of halogens is 1. The fourth-order valence-corrected chi connectivity index (χ4v) is 5.72. The molecule has 7 heteroatoms. The van der Waals surface area contributed by atoms with Crippen LogP contribution in [0.25, 0.3) is 0 Å². The number of carbonyl (C=O) groups excluding carboxylic acids is 1. The van der Waals surface area contributed by atoms with Gasteiger partial charge in [-0.25, -0.2) is 8.42 Å². The molecule has 0 radical (unpaired) electrons. The first-order valence-corrected chi connectivity index (χ1v) is 13.1. The van der Waals surface area contributed by atoms with Gasteiger partial charge in [-0.3, -0.25) is 9.10 Å². The number of hydrogen-bond donors (Lipinski definition) is 1. The topological polar surface area (TPSA) is 66.5 Å². The largest absolute Gasteiger partial charge is 0.347 e. The first-order chi connectivity index (χ1) is 14.7. The lowest BCUT2D eigenvalue weighted by Gasteiger charge is -2.31. The average molecular weight is 463 g/mol. The Bertz CT molecular complexity index is 1040. The molecular formula is C24H31ClN2O3S. The van der Waals surface area contributed by atoms with E-state index in [0.29, 0.717) is 17.1 Å². The summed E-state index contributed by atoms with van der Waals surface area (Å²) < 4.78 is 26.4. The number of nitrogens with zero attached hydrogens (tertiary/aromatic N) is 1. The molecule has 0 saturated carbocycles. The Labute approximate surface area is 190 Å². The van der Waals surface area contributed by atoms with Crippen LogP contribution in [0.4, 0.5) is 5.69 Å². The zero-order valence-corrected chi connectivity index (χ0v) is 20.0. The van der Waals surface area contributed by atoms with Crippen LogP contribution in [0.3, 0.4) is 0 Å². The molecule has 0 unspecified atom stereocenters. The predicted octanol–water partition coefficient (Wildman–Crippen LogP) is 5.03. The van der Waals surface area contributed by atoms with Crippen LogP contribution in [0, 0.1) is 0 Å². The van der Waals surface area contributed by atoms with Crippen molar-refractivity contribution in [3.05, 3.63) is 64.2 Å². The minimum absolute atomic E-state index is 0.172. The van der Waals surface area contributed by atoms with Gasteiger partial charge >= 0.3 is 0 Å². The predicted molar refractivity (Wildman–Crippen MR) is 127 cm³/mol. The molecule has 0 aromatic heterocycles. The average Bonchev–Trinajstić information content (AvgIpc) is 2.74. The number of hydrogen-bond acceptors (Lipinski definition) is 3. The molecule has 0 heterocycles. The van der Waals surface area contributed by atoms with Crippen LogP contribution in [0.5, 0.6) is 0 Å². The second kappa shape index (κ2) is 10.0. The summed E-state index contributed by atoms with van der Waals surface area (Å²) in [4.78, 5) is 13.3. The Morgan fingerprint density at radius 1 is 1.06 bits per heavy atom. The van der Waals surface area contributed by atoms with Crippen molar-refractivity contribution in [2.45, 2.75) is 64.5 Å². The van der Waals surface area contributed by atoms with E-state index >= 15 is 0 Å². The molecule has 0 bridgehead atoms. The lowest BCUT2D eigenvalue weighted by atomic mass is 9.88. The number of amides is 1. The van der Waals surface area contributed by atoms with Crippen LogP contribution in [0.15, 0.2) is 42.5 Å². The van der Waals surface area contributed by atoms with E-state index in [9.17, 15) is 13.2 Å². The van der Waals surface area contributed by atoms with Gasteiger partial charge in [0.2, 0.25) is 15.9 Å². The standard InChI is InChI=1S/C24H31ClN2O3S/c1-4-22(19-14-13-17-9-6-7-10-18(17)15-19)26-24(28)23(5-2)27(31(3,29)30)21-12-8-11-20(25)16-21/h8,11-16,22-23H,4-7,9-10H2,1-3H3,(H,26,28)/t22-,23+/m1/s1. The highest BCUT2D eigenvalue weighted by atomic mass is 35.5. The summed E-state index contributed by atoms with van der Waals surface area (Å²) >= 11 is 6.09. The SMILES string of the molecule is CC[C@@H](NC(=O)[C@H](CC)N(c1cccc(Cl)c1)S(C)(=O)=O)c1ccc2c(c1)CCCC2. The van der Waals surface area contributed by atoms with E-state index in [-0.39, 0.29) is 11.9 Å². The van der Waals surface area contributed by atoms with Crippen molar-refractivity contribution in [3.63, 3.8) is 0 Å². The Balaban J connectivity index is 1.87. The molecule has 168 valence electrons. The van der Waals surface area contributed by atoms with Gasteiger partial charge in [0.15, 0.2) is 0 Å². The molecular weight excluding hydrogens is 432 g/mol. The van der Waals surface area contributed by atoms with Gasteiger partial charge in [-0.05, 0) is 73.4 Å².